The first kappa shape index (κ1) is 17.5. The molecule has 2 aromatic rings. The normalized spacial score (nSPS) is 20.4. The second-order valence-corrected chi connectivity index (χ2v) is 6.74. The minimum Gasteiger partial charge on any atom is -0.496 e. The molecule has 3 rings (SSSR count). The van der Waals surface area contributed by atoms with Crippen LogP contribution in [0.3, 0.4) is 0 Å². The van der Waals surface area contributed by atoms with Crippen LogP contribution in [0.15, 0.2) is 54.6 Å². The standard InChI is InChI=1S/C21H25NO3/c1-25-20-10-6-5-9-16(20)14-21(24)22-19(17-12-18(23)13-17)11-15-7-3-2-4-8-15/h2-10,17-19,23H,11-14H2,1H3,(H,22,24)/t17?,18?,19-/m0/s1. The van der Waals surface area contributed by atoms with Crippen molar-refractivity contribution in [2.45, 2.75) is 37.8 Å². The minimum absolute atomic E-state index is 0.00757. The molecule has 4 heteroatoms. The van der Waals surface area contributed by atoms with E-state index in [9.17, 15) is 9.90 Å². The van der Waals surface area contributed by atoms with E-state index in [-0.39, 0.29) is 18.1 Å². The lowest BCUT2D eigenvalue weighted by Gasteiger charge is -2.38. The van der Waals surface area contributed by atoms with Crippen molar-refractivity contribution >= 4 is 5.91 Å². The van der Waals surface area contributed by atoms with E-state index in [1.165, 1.54) is 5.56 Å². The van der Waals surface area contributed by atoms with Gasteiger partial charge < -0.3 is 15.2 Å². The smallest absolute Gasteiger partial charge is 0.224 e. The Hall–Kier alpha value is -2.33. The van der Waals surface area contributed by atoms with Gasteiger partial charge in [-0.2, -0.15) is 0 Å². The van der Waals surface area contributed by atoms with Gasteiger partial charge in [0.1, 0.15) is 5.75 Å². The number of carbonyl (C=O) groups excluding carboxylic acids is 1. The quantitative estimate of drug-likeness (QED) is 0.815. The Morgan fingerprint density at radius 3 is 2.52 bits per heavy atom. The molecule has 0 saturated heterocycles. The van der Waals surface area contributed by atoms with E-state index in [0.717, 1.165) is 30.6 Å². The number of benzene rings is 2. The number of hydrogen-bond donors (Lipinski definition) is 2. The third-order valence-corrected chi connectivity index (χ3v) is 4.91. The topological polar surface area (TPSA) is 58.6 Å². The minimum atomic E-state index is -0.227. The molecule has 132 valence electrons. The van der Waals surface area contributed by atoms with Crippen molar-refractivity contribution in [2.75, 3.05) is 7.11 Å². The number of rotatable bonds is 7. The Bertz CT molecular complexity index is 695. The summed E-state index contributed by atoms with van der Waals surface area (Å²) in [7, 11) is 1.62. The van der Waals surface area contributed by atoms with E-state index in [1.807, 2.05) is 42.5 Å². The molecular formula is C21H25NO3. The van der Waals surface area contributed by atoms with E-state index >= 15 is 0 Å². The van der Waals surface area contributed by atoms with Crippen LogP contribution in [0.2, 0.25) is 0 Å². The summed E-state index contributed by atoms with van der Waals surface area (Å²) in [6.07, 6.45) is 2.37. The summed E-state index contributed by atoms with van der Waals surface area (Å²) in [6.45, 7) is 0. The fourth-order valence-electron chi connectivity index (χ4n) is 3.44. The van der Waals surface area contributed by atoms with Crippen molar-refractivity contribution in [1.29, 1.82) is 0 Å². The number of amides is 1. The molecule has 0 aliphatic heterocycles. The lowest BCUT2D eigenvalue weighted by molar-refractivity contribution is -0.122. The van der Waals surface area contributed by atoms with Crippen molar-refractivity contribution in [1.82, 2.24) is 5.32 Å². The fourth-order valence-corrected chi connectivity index (χ4v) is 3.44. The highest BCUT2D eigenvalue weighted by atomic mass is 16.5. The molecule has 1 aliphatic carbocycles. The van der Waals surface area contributed by atoms with Crippen molar-refractivity contribution in [2.24, 2.45) is 5.92 Å². The highest BCUT2D eigenvalue weighted by Crippen LogP contribution is 2.32. The first-order valence-corrected chi connectivity index (χ1v) is 8.79. The van der Waals surface area contributed by atoms with Gasteiger partial charge in [-0.25, -0.2) is 0 Å². The number of hydrogen-bond acceptors (Lipinski definition) is 3. The molecule has 1 saturated carbocycles. The Balaban J connectivity index is 1.66. The van der Waals surface area contributed by atoms with Crippen LogP contribution in [-0.2, 0) is 17.6 Å². The van der Waals surface area contributed by atoms with Gasteiger partial charge in [0.05, 0.1) is 19.6 Å². The molecule has 2 aromatic carbocycles. The van der Waals surface area contributed by atoms with Crippen LogP contribution in [0, 0.1) is 5.92 Å². The van der Waals surface area contributed by atoms with E-state index in [4.69, 9.17) is 4.74 Å². The predicted molar refractivity (Wildman–Crippen MR) is 97.5 cm³/mol. The molecule has 2 N–H and O–H groups in total. The number of ether oxygens (including phenoxy) is 1. The van der Waals surface area contributed by atoms with Crippen LogP contribution in [0.25, 0.3) is 0 Å². The van der Waals surface area contributed by atoms with Gasteiger partial charge in [0.2, 0.25) is 5.91 Å². The second-order valence-electron chi connectivity index (χ2n) is 6.74. The van der Waals surface area contributed by atoms with E-state index in [1.54, 1.807) is 7.11 Å². The third kappa shape index (κ3) is 4.60. The van der Waals surface area contributed by atoms with Gasteiger partial charge >= 0.3 is 0 Å². The van der Waals surface area contributed by atoms with Gasteiger partial charge in [0.15, 0.2) is 0 Å². The zero-order valence-corrected chi connectivity index (χ0v) is 14.5. The number of aliphatic hydroxyl groups is 1. The van der Waals surface area contributed by atoms with Crippen molar-refractivity contribution in [3.63, 3.8) is 0 Å². The lowest BCUT2D eigenvalue weighted by Crippen LogP contribution is -2.48. The van der Waals surface area contributed by atoms with E-state index in [0.29, 0.717) is 12.3 Å². The molecule has 25 heavy (non-hydrogen) atoms. The summed E-state index contributed by atoms with van der Waals surface area (Å²) in [4.78, 5) is 12.6. The molecule has 1 atom stereocenters. The van der Waals surface area contributed by atoms with Crippen LogP contribution >= 0.6 is 0 Å². The maximum Gasteiger partial charge on any atom is 0.224 e. The summed E-state index contributed by atoms with van der Waals surface area (Å²) < 4.78 is 5.33. The molecule has 0 bridgehead atoms. The number of aliphatic hydroxyl groups excluding tert-OH is 1. The monoisotopic (exact) mass is 339 g/mol. The fraction of sp³-hybridized carbons (Fsp3) is 0.381. The first-order valence-electron chi connectivity index (χ1n) is 8.79. The maximum atomic E-state index is 12.6. The molecule has 1 aliphatic rings. The zero-order valence-electron chi connectivity index (χ0n) is 14.5. The Morgan fingerprint density at radius 1 is 1.16 bits per heavy atom. The highest BCUT2D eigenvalue weighted by Gasteiger charge is 2.34. The summed E-state index contributed by atoms with van der Waals surface area (Å²) in [5, 5.41) is 12.8. The van der Waals surface area contributed by atoms with Gasteiger partial charge in [-0.05, 0) is 36.8 Å². The van der Waals surface area contributed by atoms with Gasteiger partial charge in [-0.3, -0.25) is 4.79 Å². The Kier molecular flexibility index (Phi) is 5.71. The van der Waals surface area contributed by atoms with Crippen molar-refractivity contribution in [3.8, 4) is 5.75 Å². The van der Waals surface area contributed by atoms with Crippen LogP contribution in [0.1, 0.15) is 24.0 Å². The number of nitrogens with one attached hydrogen (secondary N) is 1. The van der Waals surface area contributed by atoms with E-state index in [2.05, 4.69) is 17.4 Å². The first-order chi connectivity index (χ1) is 12.2. The van der Waals surface area contributed by atoms with Gasteiger partial charge in [-0.1, -0.05) is 48.5 Å². The van der Waals surface area contributed by atoms with Gasteiger partial charge in [0.25, 0.3) is 0 Å². The van der Waals surface area contributed by atoms with Crippen LogP contribution in [0.5, 0.6) is 5.75 Å². The SMILES string of the molecule is COc1ccccc1CC(=O)N[C@@H](Cc1ccccc1)C1CC(O)C1. The third-order valence-electron chi connectivity index (χ3n) is 4.91. The summed E-state index contributed by atoms with van der Waals surface area (Å²) in [6, 6.07) is 17.8. The summed E-state index contributed by atoms with van der Waals surface area (Å²) in [5.74, 6) is 1.06. The van der Waals surface area contributed by atoms with E-state index < -0.39 is 0 Å². The molecule has 0 aromatic heterocycles. The summed E-state index contributed by atoms with van der Waals surface area (Å²) >= 11 is 0. The Labute approximate surface area is 148 Å². The molecule has 0 unspecified atom stereocenters. The highest BCUT2D eigenvalue weighted by molar-refractivity contribution is 5.79. The molecule has 0 radical (unpaired) electrons. The van der Waals surface area contributed by atoms with Crippen LogP contribution < -0.4 is 10.1 Å². The molecule has 1 fully saturated rings. The maximum absolute atomic E-state index is 12.6. The second kappa shape index (κ2) is 8.17. The van der Waals surface area contributed by atoms with Crippen LogP contribution in [-0.4, -0.2) is 30.3 Å². The molecule has 0 heterocycles. The molecule has 1 amide bonds. The van der Waals surface area contributed by atoms with Crippen LogP contribution in [0.4, 0.5) is 0 Å². The summed E-state index contributed by atoms with van der Waals surface area (Å²) in [5.41, 5.74) is 2.08. The lowest BCUT2D eigenvalue weighted by atomic mass is 9.75. The average Bonchev–Trinajstić information content (AvgIpc) is 2.60. The average molecular weight is 339 g/mol. The number of carbonyl (C=O) groups is 1. The number of methoxy groups -OCH3 is 1. The molecule has 0 spiro atoms. The largest absolute Gasteiger partial charge is 0.496 e. The molecule has 4 nitrogen and oxygen atoms in total. The molecular weight excluding hydrogens is 314 g/mol. The van der Waals surface area contributed by atoms with Crippen molar-refractivity contribution in [3.05, 3.63) is 65.7 Å². The van der Waals surface area contributed by atoms with Gasteiger partial charge in [0, 0.05) is 11.6 Å². The van der Waals surface area contributed by atoms with Crippen molar-refractivity contribution < 1.29 is 14.6 Å². The Morgan fingerprint density at radius 2 is 1.84 bits per heavy atom. The van der Waals surface area contributed by atoms with Gasteiger partial charge in [-0.15, -0.1) is 0 Å². The number of para-hydroxylation sites is 1. The zero-order chi connectivity index (χ0) is 17.6. The predicted octanol–water partition coefficient (Wildman–Crippen LogP) is 2.74.